The van der Waals surface area contributed by atoms with Crippen molar-refractivity contribution >= 4 is 49.3 Å². The van der Waals surface area contributed by atoms with Crippen LogP contribution in [0.1, 0.15) is 49.3 Å². The molecule has 4 aromatic rings. The summed E-state index contributed by atoms with van der Waals surface area (Å²) in [6.07, 6.45) is 7.54. The Morgan fingerprint density at radius 1 is 1.19 bits per heavy atom. The number of esters is 1. The number of aromatic nitrogens is 3. The number of rotatable bonds is 4. The van der Waals surface area contributed by atoms with Crippen molar-refractivity contribution in [1.82, 2.24) is 14.8 Å². The number of hydrogen-bond acceptors (Lipinski definition) is 4. The summed E-state index contributed by atoms with van der Waals surface area (Å²) in [6, 6.07) is 6.11. The summed E-state index contributed by atoms with van der Waals surface area (Å²) in [7, 11) is 1.42. The second-order valence-corrected chi connectivity index (χ2v) is 10.5. The molecule has 0 amide bonds. The van der Waals surface area contributed by atoms with Gasteiger partial charge in [-0.25, -0.2) is 8.78 Å². The molecule has 1 saturated heterocycles. The van der Waals surface area contributed by atoms with Gasteiger partial charge in [-0.2, -0.15) is 5.10 Å². The fraction of sp³-hybridized carbons (Fsp3) is 0.357. The summed E-state index contributed by atoms with van der Waals surface area (Å²) in [5.41, 5.74) is 5.62. The molecule has 1 aliphatic carbocycles. The van der Waals surface area contributed by atoms with E-state index in [1.807, 2.05) is 6.07 Å². The lowest BCUT2D eigenvalue weighted by atomic mass is 9.83. The maximum Gasteiger partial charge on any atom is 0.308 e. The maximum absolute atomic E-state index is 14.5. The normalized spacial score (nSPS) is 18.9. The molecule has 3 heterocycles. The Morgan fingerprint density at radius 3 is 2.70 bits per heavy atom. The number of nitrogens with zero attached hydrogens (tertiary/aromatic N) is 2. The quantitative estimate of drug-likeness (QED) is 0.274. The number of methoxy groups -OCH3 is 1. The lowest BCUT2D eigenvalue weighted by Gasteiger charge is -2.27. The number of carbonyl (C=O) groups is 1. The second kappa shape index (κ2) is 9.68. The van der Waals surface area contributed by atoms with Crippen LogP contribution in [0.25, 0.3) is 33.1 Å². The van der Waals surface area contributed by atoms with E-state index in [0.717, 1.165) is 56.0 Å². The Labute approximate surface area is 220 Å². The van der Waals surface area contributed by atoms with E-state index in [1.54, 1.807) is 12.3 Å². The number of benzene rings is 2. The van der Waals surface area contributed by atoms with Crippen molar-refractivity contribution in [1.29, 1.82) is 0 Å². The number of allylic oxidation sites excluding steroid dienone is 2. The van der Waals surface area contributed by atoms with E-state index in [2.05, 4.69) is 36.8 Å². The van der Waals surface area contributed by atoms with Crippen molar-refractivity contribution in [3.05, 3.63) is 63.9 Å². The second-order valence-electron chi connectivity index (χ2n) is 9.72. The Balaban J connectivity index is 1.67. The van der Waals surface area contributed by atoms with Gasteiger partial charge in [0.2, 0.25) is 0 Å². The lowest BCUT2D eigenvalue weighted by Crippen LogP contribution is -2.20. The molecule has 0 radical (unpaired) electrons. The monoisotopic (exact) mass is 569 g/mol. The van der Waals surface area contributed by atoms with Gasteiger partial charge in [-0.1, -0.05) is 6.08 Å². The molecule has 0 spiro atoms. The first-order valence-electron chi connectivity index (χ1n) is 12.5. The zero-order valence-corrected chi connectivity index (χ0v) is 21.9. The topological polar surface area (TPSA) is 69.1 Å². The fourth-order valence-electron chi connectivity index (χ4n) is 5.85. The van der Waals surface area contributed by atoms with Gasteiger partial charge in [0.05, 0.1) is 34.7 Å². The van der Waals surface area contributed by atoms with Crippen molar-refractivity contribution in [3.63, 3.8) is 0 Å². The number of hydrogen-bond donors (Lipinski definition) is 1. The van der Waals surface area contributed by atoms with Crippen molar-refractivity contribution < 1.29 is 23.0 Å². The van der Waals surface area contributed by atoms with Crippen LogP contribution in [0.2, 0.25) is 0 Å². The van der Waals surface area contributed by atoms with Crippen LogP contribution in [0.15, 0.2) is 41.0 Å². The fourth-order valence-corrected chi connectivity index (χ4v) is 6.57. The summed E-state index contributed by atoms with van der Waals surface area (Å²) in [4.78, 5) is 12.2. The van der Waals surface area contributed by atoms with Crippen LogP contribution in [-0.4, -0.2) is 41.1 Å². The van der Waals surface area contributed by atoms with Crippen molar-refractivity contribution in [2.45, 2.75) is 38.0 Å². The molecule has 1 unspecified atom stereocenters. The van der Waals surface area contributed by atoms with Crippen LogP contribution in [0.3, 0.4) is 0 Å². The molecule has 6 rings (SSSR count). The molecular weight excluding hydrogens is 544 g/mol. The Kier molecular flexibility index (Phi) is 6.36. The summed E-state index contributed by atoms with van der Waals surface area (Å²) in [5, 5.41) is 9.22. The highest BCUT2D eigenvalue weighted by Gasteiger charge is 2.32. The van der Waals surface area contributed by atoms with Gasteiger partial charge in [-0.3, -0.25) is 9.89 Å². The largest absolute Gasteiger partial charge is 0.469 e. The Bertz CT molecular complexity index is 1550. The van der Waals surface area contributed by atoms with Crippen LogP contribution in [0.4, 0.5) is 8.78 Å². The summed E-state index contributed by atoms with van der Waals surface area (Å²) >= 11 is 3.85. The zero-order chi connectivity index (χ0) is 25.7. The highest BCUT2D eigenvalue weighted by atomic mass is 79.9. The van der Waals surface area contributed by atoms with Gasteiger partial charge in [0, 0.05) is 52.9 Å². The molecule has 1 fully saturated rings. The van der Waals surface area contributed by atoms with Crippen LogP contribution < -0.4 is 0 Å². The number of nitrogens with one attached hydrogen (secondary N) is 1. The van der Waals surface area contributed by atoms with E-state index in [9.17, 15) is 13.6 Å². The first kappa shape index (κ1) is 24.3. The molecule has 0 bridgehead atoms. The predicted octanol–water partition coefficient (Wildman–Crippen LogP) is 6.80. The maximum atomic E-state index is 14.5. The Hall–Kier alpha value is -3.04. The molecule has 9 heteroatoms. The van der Waals surface area contributed by atoms with Gasteiger partial charge in [0.15, 0.2) is 11.6 Å². The van der Waals surface area contributed by atoms with Crippen LogP contribution in [0, 0.1) is 17.6 Å². The molecule has 192 valence electrons. The number of fused-ring (bicyclic) bond motifs is 2. The van der Waals surface area contributed by atoms with Crippen LogP contribution >= 0.6 is 15.9 Å². The molecular formula is C28H26BrF2N3O3. The smallest absolute Gasteiger partial charge is 0.308 e. The standard InChI is InChI=1S/C28H26BrF2N3O3/c1-36-28(35)17-4-2-15(3-5-17)23-24-22(12-18-14-32-33-26(18)25(24)29)34(19-6-7-20(30)21(31)13-19)27(23)16-8-10-37-11-9-16/h2,6-7,12-14,16-17H,3-5,8-11H2,1H3,(H,32,33). The van der Waals surface area contributed by atoms with Crippen molar-refractivity contribution in [2.75, 3.05) is 20.3 Å². The van der Waals surface area contributed by atoms with Crippen molar-refractivity contribution in [2.24, 2.45) is 5.92 Å². The van der Waals surface area contributed by atoms with Crippen LogP contribution in [-0.2, 0) is 14.3 Å². The summed E-state index contributed by atoms with van der Waals surface area (Å²) < 4.78 is 42.1. The number of H-pyrrole nitrogens is 1. The Morgan fingerprint density at radius 2 is 2.00 bits per heavy atom. The van der Waals surface area contributed by atoms with Gasteiger partial charge >= 0.3 is 5.97 Å². The van der Waals surface area contributed by atoms with Gasteiger partial charge in [0.25, 0.3) is 0 Å². The molecule has 6 nitrogen and oxygen atoms in total. The third-order valence-electron chi connectivity index (χ3n) is 7.68. The molecule has 1 atom stereocenters. The molecule has 2 aliphatic rings. The molecule has 0 saturated carbocycles. The number of ether oxygens (including phenoxy) is 2. The summed E-state index contributed by atoms with van der Waals surface area (Å²) in [5.74, 6) is -1.96. The molecule has 2 aromatic heterocycles. The number of aromatic amines is 1. The van der Waals surface area contributed by atoms with Gasteiger partial charge in [-0.15, -0.1) is 0 Å². The van der Waals surface area contributed by atoms with Crippen molar-refractivity contribution in [3.8, 4) is 5.69 Å². The third kappa shape index (κ3) is 4.08. The molecule has 37 heavy (non-hydrogen) atoms. The molecule has 2 aromatic carbocycles. The average Bonchev–Trinajstić information content (AvgIpc) is 3.54. The average molecular weight is 570 g/mol. The SMILES string of the molecule is COC(=O)C1CC=C(c2c(C3CCOCC3)n(-c3ccc(F)c(F)c3)c3cc4cn[nH]c4c(Br)c23)CC1. The zero-order valence-electron chi connectivity index (χ0n) is 20.3. The van der Waals surface area contributed by atoms with E-state index in [1.165, 1.54) is 19.2 Å². The van der Waals surface area contributed by atoms with Gasteiger partial charge < -0.3 is 14.0 Å². The summed E-state index contributed by atoms with van der Waals surface area (Å²) in [6.45, 7) is 1.28. The van der Waals surface area contributed by atoms with E-state index >= 15 is 0 Å². The van der Waals surface area contributed by atoms with E-state index in [-0.39, 0.29) is 17.8 Å². The van der Waals surface area contributed by atoms with E-state index in [0.29, 0.717) is 38.2 Å². The minimum atomic E-state index is -0.889. The van der Waals surface area contributed by atoms with Gasteiger partial charge in [-0.05, 0) is 71.8 Å². The molecule has 1 N–H and O–H groups in total. The minimum Gasteiger partial charge on any atom is -0.469 e. The highest BCUT2D eigenvalue weighted by molar-refractivity contribution is 9.10. The first-order chi connectivity index (χ1) is 18.0. The molecule has 1 aliphatic heterocycles. The number of carbonyl (C=O) groups excluding carboxylic acids is 1. The minimum absolute atomic E-state index is 0.159. The number of halogens is 3. The lowest BCUT2D eigenvalue weighted by molar-refractivity contribution is -0.145. The predicted molar refractivity (Wildman–Crippen MR) is 141 cm³/mol. The third-order valence-corrected chi connectivity index (χ3v) is 8.47. The van der Waals surface area contributed by atoms with E-state index in [4.69, 9.17) is 9.47 Å². The highest BCUT2D eigenvalue weighted by Crippen LogP contribution is 2.48. The van der Waals surface area contributed by atoms with Crippen LogP contribution in [0.5, 0.6) is 0 Å². The van der Waals surface area contributed by atoms with E-state index < -0.39 is 11.6 Å². The first-order valence-corrected chi connectivity index (χ1v) is 13.3. The van der Waals surface area contributed by atoms with Gasteiger partial charge in [0.1, 0.15) is 0 Å².